The number of hydrogen-bond acceptors (Lipinski definition) is 2. The van der Waals surface area contributed by atoms with Crippen molar-refractivity contribution in [3.05, 3.63) is 34.9 Å². The SMILES string of the molecule is CCC(C)C(=O)NC(CC)(C(=O)O)c1ccc(Cl)cc1. The Balaban J connectivity index is 3.19. The molecule has 0 saturated carbocycles. The van der Waals surface area contributed by atoms with Gasteiger partial charge in [-0.3, -0.25) is 4.79 Å². The fraction of sp³-hybridized carbons (Fsp3) is 0.467. The average molecular weight is 298 g/mol. The lowest BCUT2D eigenvalue weighted by molar-refractivity contribution is -0.149. The molecule has 0 spiro atoms. The second-order valence-electron chi connectivity index (χ2n) is 4.87. The van der Waals surface area contributed by atoms with E-state index in [4.69, 9.17) is 11.6 Å². The van der Waals surface area contributed by atoms with Gasteiger partial charge < -0.3 is 10.4 Å². The highest BCUT2D eigenvalue weighted by Gasteiger charge is 2.40. The standard InChI is InChI=1S/C15H20ClNO3/c1-4-10(3)13(18)17-15(5-2,14(19)20)11-6-8-12(16)9-7-11/h6-10H,4-5H2,1-3H3,(H,17,18)(H,19,20). The van der Waals surface area contributed by atoms with Crippen molar-refractivity contribution < 1.29 is 14.7 Å². The number of nitrogens with one attached hydrogen (secondary N) is 1. The summed E-state index contributed by atoms with van der Waals surface area (Å²) >= 11 is 5.83. The van der Waals surface area contributed by atoms with E-state index in [0.717, 1.165) is 0 Å². The van der Waals surface area contributed by atoms with Gasteiger partial charge in [0, 0.05) is 10.9 Å². The van der Waals surface area contributed by atoms with E-state index in [0.29, 0.717) is 17.0 Å². The third-order valence-electron chi connectivity index (χ3n) is 3.63. The summed E-state index contributed by atoms with van der Waals surface area (Å²) in [5.41, 5.74) is -0.890. The lowest BCUT2D eigenvalue weighted by atomic mass is 9.86. The number of carboxylic acid groups (broad SMARTS) is 1. The summed E-state index contributed by atoms with van der Waals surface area (Å²) in [6.45, 7) is 5.40. The molecular weight excluding hydrogens is 278 g/mol. The first-order chi connectivity index (χ1) is 9.37. The van der Waals surface area contributed by atoms with Gasteiger partial charge in [-0.25, -0.2) is 4.79 Å². The summed E-state index contributed by atoms with van der Waals surface area (Å²) in [6, 6.07) is 6.52. The topological polar surface area (TPSA) is 66.4 Å². The highest BCUT2D eigenvalue weighted by atomic mass is 35.5. The molecule has 0 bridgehead atoms. The van der Waals surface area contributed by atoms with Gasteiger partial charge in [-0.15, -0.1) is 0 Å². The van der Waals surface area contributed by atoms with Gasteiger partial charge in [-0.2, -0.15) is 0 Å². The molecule has 0 heterocycles. The Kier molecular flexibility index (Phi) is 5.57. The number of hydrogen-bond donors (Lipinski definition) is 2. The van der Waals surface area contributed by atoms with Crippen LogP contribution in [-0.4, -0.2) is 17.0 Å². The molecule has 0 aliphatic carbocycles. The van der Waals surface area contributed by atoms with Crippen LogP contribution >= 0.6 is 11.6 Å². The molecule has 5 heteroatoms. The normalized spacial score (nSPS) is 15.2. The van der Waals surface area contributed by atoms with Gasteiger partial charge in [0.15, 0.2) is 5.54 Å². The van der Waals surface area contributed by atoms with Crippen LogP contribution in [0.15, 0.2) is 24.3 Å². The third-order valence-corrected chi connectivity index (χ3v) is 3.88. The second-order valence-corrected chi connectivity index (χ2v) is 5.31. The predicted molar refractivity (Wildman–Crippen MR) is 78.7 cm³/mol. The van der Waals surface area contributed by atoms with Crippen LogP contribution in [0.25, 0.3) is 0 Å². The molecule has 2 unspecified atom stereocenters. The summed E-state index contributed by atoms with van der Waals surface area (Å²) in [4.78, 5) is 23.8. The van der Waals surface area contributed by atoms with E-state index in [1.54, 1.807) is 38.1 Å². The highest BCUT2D eigenvalue weighted by Crippen LogP contribution is 2.27. The molecule has 0 radical (unpaired) electrons. The molecule has 4 nitrogen and oxygen atoms in total. The first-order valence-corrected chi connectivity index (χ1v) is 7.06. The number of carbonyl (C=O) groups is 2. The molecule has 110 valence electrons. The number of carboxylic acids is 1. The summed E-state index contributed by atoms with van der Waals surface area (Å²) in [5.74, 6) is -1.56. The van der Waals surface area contributed by atoms with E-state index in [1.807, 2.05) is 6.92 Å². The Morgan fingerprint density at radius 2 is 1.85 bits per heavy atom. The number of halogens is 1. The molecule has 0 aliphatic heterocycles. The molecule has 1 amide bonds. The van der Waals surface area contributed by atoms with Crippen LogP contribution in [-0.2, 0) is 15.1 Å². The maximum absolute atomic E-state index is 12.1. The van der Waals surface area contributed by atoms with Gasteiger partial charge in [0.05, 0.1) is 0 Å². The van der Waals surface area contributed by atoms with Crippen LogP contribution in [0.3, 0.4) is 0 Å². The lowest BCUT2D eigenvalue weighted by Crippen LogP contribution is -2.52. The predicted octanol–water partition coefficient (Wildman–Crippen LogP) is 3.19. The Bertz CT molecular complexity index is 486. The van der Waals surface area contributed by atoms with E-state index < -0.39 is 11.5 Å². The molecule has 20 heavy (non-hydrogen) atoms. The van der Waals surface area contributed by atoms with Crippen molar-refractivity contribution in [3.8, 4) is 0 Å². The Hall–Kier alpha value is -1.55. The number of aliphatic carboxylic acids is 1. The summed E-state index contributed by atoms with van der Waals surface area (Å²) in [6.07, 6.45) is 0.915. The number of amides is 1. The van der Waals surface area contributed by atoms with Crippen molar-refractivity contribution in [1.82, 2.24) is 5.32 Å². The minimum absolute atomic E-state index is 0.229. The van der Waals surface area contributed by atoms with Gasteiger partial charge >= 0.3 is 5.97 Å². The van der Waals surface area contributed by atoms with Crippen molar-refractivity contribution in [1.29, 1.82) is 0 Å². The Labute approximate surface area is 124 Å². The van der Waals surface area contributed by atoms with E-state index in [2.05, 4.69) is 5.32 Å². The van der Waals surface area contributed by atoms with E-state index >= 15 is 0 Å². The lowest BCUT2D eigenvalue weighted by Gasteiger charge is -2.31. The zero-order valence-electron chi connectivity index (χ0n) is 11.9. The molecular formula is C15H20ClNO3. The number of benzene rings is 1. The monoisotopic (exact) mass is 297 g/mol. The molecule has 1 aromatic rings. The van der Waals surface area contributed by atoms with Gasteiger partial charge in [0.2, 0.25) is 5.91 Å². The molecule has 2 atom stereocenters. The van der Waals surface area contributed by atoms with Crippen LogP contribution < -0.4 is 5.32 Å². The minimum Gasteiger partial charge on any atom is -0.479 e. The zero-order chi connectivity index (χ0) is 15.3. The first-order valence-electron chi connectivity index (χ1n) is 6.68. The van der Waals surface area contributed by atoms with Crippen LogP contribution in [0, 0.1) is 5.92 Å². The first kappa shape index (κ1) is 16.5. The van der Waals surface area contributed by atoms with Gasteiger partial charge in [-0.1, -0.05) is 44.5 Å². The Morgan fingerprint density at radius 3 is 2.25 bits per heavy atom. The fourth-order valence-corrected chi connectivity index (χ4v) is 2.07. The summed E-state index contributed by atoms with van der Waals surface area (Å²) < 4.78 is 0. The van der Waals surface area contributed by atoms with Crippen molar-refractivity contribution >= 4 is 23.5 Å². The maximum atomic E-state index is 12.1. The molecule has 0 aliphatic rings. The number of carbonyl (C=O) groups excluding carboxylic acids is 1. The van der Waals surface area contributed by atoms with E-state index in [9.17, 15) is 14.7 Å². The van der Waals surface area contributed by atoms with E-state index in [1.165, 1.54) is 0 Å². The fourth-order valence-electron chi connectivity index (χ4n) is 1.95. The average Bonchev–Trinajstić information content (AvgIpc) is 2.44. The zero-order valence-corrected chi connectivity index (χ0v) is 12.7. The maximum Gasteiger partial charge on any atom is 0.334 e. The molecule has 2 N–H and O–H groups in total. The largest absolute Gasteiger partial charge is 0.479 e. The van der Waals surface area contributed by atoms with Crippen molar-refractivity contribution in [2.45, 2.75) is 39.2 Å². The van der Waals surface area contributed by atoms with Crippen molar-refractivity contribution in [2.24, 2.45) is 5.92 Å². The summed E-state index contributed by atoms with van der Waals surface area (Å²) in [7, 11) is 0. The van der Waals surface area contributed by atoms with Crippen molar-refractivity contribution in [2.75, 3.05) is 0 Å². The van der Waals surface area contributed by atoms with Crippen LogP contribution in [0.2, 0.25) is 5.02 Å². The third kappa shape index (κ3) is 3.31. The molecule has 1 rings (SSSR count). The number of rotatable bonds is 6. The van der Waals surface area contributed by atoms with Gasteiger partial charge in [0.1, 0.15) is 0 Å². The minimum atomic E-state index is -1.41. The molecule has 0 saturated heterocycles. The molecule has 0 fully saturated rings. The van der Waals surface area contributed by atoms with Crippen molar-refractivity contribution in [3.63, 3.8) is 0 Å². The quantitative estimate of drug-likeness (QED) is 0.847. The van der Waals surface area contributed by atoms with Crippen LogP contribution in [0.1, 0.15) is 39.2 Å². The van der Waals surface area contributed by atoms with E-state index in [-0.39, 0.29) is 18.2 Å². The summed E-state index contributed by atoms with van der Waals surface area (Å²) in [5, 5.41) is 12.8. The molecule has 1 aromatic carbocycles. The van der Waals surface area contributed by atoms with Gasteiger partial charge in [-0.05, 0) is 30.5 Å². The molecule has 0 aromatic heterocycles. The van der Waals surface area contributed by atoms with Crippen LogP contribution in [0.5, 0.6) is 0 Å². The van der Waals surface area contributed by atoms with Crippen LogP contribution in [0.4, 0.5) is 0 Å². The van der Waals surface area contributed by atoms with Gasteiger partial charge in [0.25, 0.3) is 0 Å². The Morgan fingerprint density at radius 1 is 1.30 bits per heavy atom. The highest BCUT2D eigenvalue weighted by molar-refractivity contribution is 6.30. The smallest absolute Gasteiger partial charge is 0.334 e. The second kappa shape index (κ2) is 6.75.